The van der Waals surface area contributed by atoms with E-state index < -0.39 is 0 Å². The van der Waals surface area contributed by atoms with Crippen LogP contribution in [0.15, 0.2) is 18.2 Å². The van der Waals surface area contributed by atoms with E-state index in [0.29, 0.717) is 5.56 Å². The first kappa shape index (κ1) is 7.09. The van der Waals surface area contributed by atoms with Crippen LogP contribution in [-0.4, -0.2) is 5.11 Å². The van der Waals surface area contributed by atoms with E-state index in [1.807, 2.05) is 13.0 Å². The molecule has 0 aliphatic heterocycles. The Labute approximate surface area is 59.7 Å². The lowest BCUT2D eigenvalue weighted by molar-refractivity contribution is 0.266. The Hall–Kier alpha value is -1.02. The Morgan fingerprint density at radius 1 is 1.50 bits per heavy atom. The van der Waals surface area contributed by atoms with Gasteiger partial charge in [0.1, 0.15) is 0 Å². The summed E-state index contributed by atoms with van der Waals surface area (Å²) in [6.07, 6.45) is 0. The third-order valence-electron chi connectivity index (χ3n) is 1.39. The molecule has 1 radical (unpaired) electrons. The fourth-order valence-corrected chi connectivity index (χ4v) is 0.792. The van der Waals surface area contributed by atoms with Crippen LogP contribution in [0.25, 0.3) is 0 Å². The Balaban J connectivity index is 3.07. The number of hydrogen-bond donors (Lipinski definition) is 1. The maximum atomic E-state index is 10.9. The Bertz CT molecular complexity index is 231. The lowest BCUT2D eigenvalue weighted by Gasteiger charge is -1.97. The zero-order valence-electron chi connectivity index (χ0n) is 5.79. The van der Waals surface area contributed by atoms with E-state index in [1.54, 1.807) is 6.07 Å². The molecule has 53 valence electrons. The van der Waals surface area contributed by atoms with Crippen LogP contribution in [-0.2, 0) is 11.7 Å². The van der Waals surface area contributed by atoms with Gasteiger partial charge >= 0.3 is 0 Å². The summed E-state index contributed by atoms with van der Waals surface area (Å²) in [4.78, 5) is 0. The third kappa shape index (κ3) is 1.28. The number of rotatable bonds is 1. The highest BCUT2D eigenvalue weighted by molar-refractivity contribution is 5.34. The van der Waals surface area contributed by atoms with Gasteiger partial charge in [0.15, 0.2) is 5.75 Å². The molecule has 0 amide bonds. The van der Waals surface area contributed by atoms with Crippen molar-refractivity contribution in [2.24, 2.45) is 0 Å². The lowest BCUT2D eigenvalue weighted by atomic mass is 10.1. The Morgan fingerprint density at radius 2 is 2.20 bits per heavy atom. The fourth-order valence-electron chi connectivity index (χ4n) is 0.792. The van der Waals surface area contributed by atoms with Gasteiger partial charge < -0.3 is 5.11 Å². The second-order valence-electron chi connectivity index (χ2n) is 2.27. The average molecular weight is 137 g/mol. The zero-order valence-corrected chi connectivity index (χ0v) is 5.79. The standard InChI is InChI=1S/C8H9O2/c1-6-2-3-7(5-9)8(10)4-6/h2-4,9H,5H2,1H3. The first-order valence-electron chi connectivity index (χ1n) is 3.11. The molecule has 2 nitrogen and oxygen atoms in total. The van der Waals surface area contributed by atoms with E-state index in [2.05, 4.69) is 0 Å². The molecule has 0 atom stereocenters. The summed E-state index contributed by atoms with van der Waals surface area (Å²) in [6.45, 7) is 1.68. The van der Waals surface area contributed by atoms with Crippen LogP contribution in [0.5, 0.6) is 5.75 Å². The van der Waals surface area contributed by atoms with E-state index in [0.717, 1.165) is 5.56 Å². The second-order valence-corrected chi connectivity index (χ2v) is 2.27. The summed E-state index contributed by atoms with van der Waals surface area (Å²) in [5.74, 6) is -0.0810. The molecule has 0 aliphatic rings. The van der Waals surface area contributed by atoms with Gasteiger partial charge in [-0.05, 0) is 18.6 Å². The maximum Gasteiger partial charge on any atom is 0.184 e. The summed E-state index contributed by atoms with van der Waals surface area (Å²) in [5, 5.41) is 19.5. The molecule has 0 spiro atoms. The van der Waals surface area contributed by atoms with Crippen molar-refractivity contribution in [3.63, 3.8) is 0 Å². The van der Waals surface area contributed by atoms with Crippen LogP contribution in [0, 0.1) is 6.92 Å². The third-order valence-corrected chi connectivity index (χ3v) is 1.39. The molecule has 0 aromatic heterocycles. The quantitative estimate of drug-likeness (QED) is 0.627. The second kappa shape index (κ2) is 2.71. The molecule has 1 rings (SSSR count). The van der Waals surface area contributed by atoms with Gasteiger partial charge in [0.05, 0.1) is 6.61 Å². The van der Waals surface area contributed by atoms with Gasteiger partial charge in [0.25, 0.3) is 0 Å². The van der Waals surface area contributed by atoms with Crippen LogP contribution in [0.1, 0.15) is 11.1 Å². The molecule has 1 aromatic rings. The number of hydrogen-bond acceptors (Lipinski definition) is 1. The summed E-state index contributed by atoms with van der Waals surface area (Å²) < 4.78 is 0. The van der Waals surface area contributed by atoms with Crippen LogP contribution in [0.4, 0.5) is 0 Å². The van der Waals surface area contributed by atoms with Crippen molar-refractivity contribution in [3.8, 4) is 5.75 Å². The smallest absolute Gasteiger partial charge is 0.184 e. The topological polar surface area (TPSA) is 40.1 Å². The van der Waals surface area contributed by atoms with Crippen molar-refractivity contribution in [2.45, 2.75) is 13.5 Å². The average Bonchev–Trinajstić information content (AvgIpc) is 1.88. The molecule has 0 fully saturated rings. The molecule has 0 saturated carbocycles. The Kier molecular flexibility index (Phi) is 1.92. The molecule has 0 unspecified atom stereocenters. The van der Waals surface area contributed by atoms with Gasteiger partial charge in [0, 0.05) is 5.56 Å². The molecule has 0 heterocycles. The molecule has 0 saturated heterocycles. The molecule has 2 heteroatoms. The van der Waals surface area contributed by atoms with E-state index in [1.165, 1.54) is 6.07 Å². The van der Waals surface area contributed by atoms with E-state index in [-0.39, 0.29) is 12.4 Å². The van der Waals surface area contributed by atoms with Crippen molar-refractivity contribution in [1.29, 1.82) is 0 Å². The summed E-state index contributed by atoms with van der Waals surface area (Å²) >= 11 is 0. The van der Waals surface area contributed by atoms with Gasteiger partial charge in [-0.2, -0.15) is 0 Å². The van der Waals surface area contributed by atoms with Crippen LogP contribution < -0.4 is 0 Å². The van der Waals surface area contributed by atoms with Crippen LogP contribution >= 0.6 is 0 Å². The van der Waals surface area contributed by atoms with Crippen LogP contribution in [0.3, 0.4) is 0 Å². The molecule has 0 aliphatic carbocycles. The molecular formula is C8H9O2. The van der Waals surface area contributed by atoms with Gasteiger partial charge in [0.2, 0.25) is 0 Å². The van der Waals surface area contributed by atoms with Gasteiger partial charge in [-0.3, -0.25) is 5.11 Å². The normalized spacial score (nSPS) is 9.80. The zero-order chi connectivity index (χ0) is 7.56. The minimum atomic E-state index is -0.168. The highest BCUT2D eigenvalue weighted by Gasteiger charge is 1.99. The Morgan fingerprint density at radius 3 is 2.70 bits per heavy atom. The van der Waals surface area contributed by atoms with Crippen molar-refractivity contribution in [3.05, 3.63) is 29.3 Å². The molecular weight excluding hydrogens is 128 g/mol. The predicted molar refractivity (Wildman–Crippen MR) is 37.2 cm³/mol. The van der Waals surface area contributed by atoms with Crippen molar-refractivity contribution >= 4 is 0 Å². The maximum absolute atomic E-state index is 10.9. The van der Waals surface area contributed by atoms with Crippen molar-refractivity contribution < 1.29 is 10.2 Å². The summed E-state index contributed by atoms with van der Waals surface area (Å²) in [6, 6.07) is 4.98. The first-order chi connectivity index (χ1) is 4.74. The molecule has 1 N–H and O–H groups in total. The minimum absolute atomic E-state index is 0.0810. The number of benzene rings is 1. The van der Waals surface area contributed by atoms with Crippen LogP contribution in [0.2, 0.25) is 0 Å². The lowest BCUT2D eigenvalue weighted by Crippen LogP contribution is -1.82. The number of aryl methyl sites for hydroxylation is 1. The fraction of sp³-hybridized carbons (Fsp3) is 0.250. The van der Waals surface area contributed by atoms with E-state index >= 15 is 0 Å². The first-order valence-corrected chi connectivity index (χ1v) is 3.11. The molecule has 1 aromatic carbocycles. The predicted octanol–water partition coefficient (Wildman–Crippen LogP) is 1.63. The highest BCUT2D eigenvalue weighted by atomic mass is 16.3. The van der Waals surface area contributed by atoms with Gasteiger partial charge in [-0.15, -0.1) is 0 Å². The summed E-state index contributed by atoms with van der Waals surface area (Å²) in [5.41, 5.74) is 1.40. The van der Waals surface area contributed by atoms with Gasteiger partial charge in [-0.1, -0.05) is 12.1 Å². The van der Waals surface area contributed by atoms with Crippen molar-refractivity contribution in [2.75, 3.05) is 0 Å². The monoisotopic (exact) mass is 137 g/mol. The van der Waals surface area contributed by atoms with Crippen molar-refractivity contribution in [1.82, 2.24) is 0 Å². The minimum Gasteiger partial charge on any atom is -0.392 e. The number of aliphatic hydroxyl groups is 1. The molecule has 10 heavy (non-hydrogen) atoms. The van der Waals surface area contributed by atoms with E-state index in [9.17, 15) is 5.11 Å². The largest absolute Gasteiger partial charge is 0.392 e. The summed E-state index contributed by atoms with van der Waals surface area (Å²) in [7, 11) is 0. The molecule has 0 bridgehead atoms. The van der Waals surface area contributed by atoms with Gasteiger partial charge in [-0.25, -0.2) is 0 Å². The SMILES string of the molecule is Cc1ccc(CO)c([O])c1. The van der Waals surface area contributed by atoms with E-state index in [4.69, 9.17) is 5.11 Å². The highest BCUT2D eigenvalue weighted by Crippen LogP contribution is 2.18. The number of aliphatic hydroxyl groups excluding tert-OH is 1.